The molecule has 2 rings (SSSR count). The second-order valence-electron chi connectivity index (χ2n) is 4.36. The Morgan fingerprint density at radius 3 is 2.62 bits per heavy atom. The molecule has 0 bridgehead atoms. The predicted molar refractivity (Wildman–Crippen MR) is 74.0 cm³/mol. The van der Waals surface area contributed by atoms with Gasteiger partial charge in [0.1, 0.15) is 10.7 Å². The van der Waals surface area contributed by atoms with E-state index < -0.39 is 26.6 Å². The number of aromatic nitrogens is 1. The quantitative estimate of drug-likeness (QED) is 0.903. The predicted octanol–water partition coefficient (Wildman–Crippen LogP) is 1.93. The maximum absolute atomic E-state index is 13.7. The van der Waals surface area contributed by atoms with Crippen molar-refractivity contribution >= 4 is 15.8 Å². The van der Waals surface area contributed by atoms with Gasteiger partial charge in [-0.25, -0.2) is 22.2 Å². The van der Waals surface area contributed by atoms with Crippen molar-refractivity contribution in [3.05, 3.63) is 53.2 Å². The van der Waals surface area contributed by atoms with Crippen LogP contribution in [0.2, 0.25) is 0 Å². The minimum atomic E-state index is -4.30. The number of anilines is 1. The van der Waals surface area contributed by atoms with Gasteiger partial charge in [0, 0.05) is 12.2 Å². The van der Waals surface area contributed by atoms with E-state index in [0.29, 0.717) is 5.69 Å². The van der Waals surface area contributed by atoms with Crippen molar-refractivity contribution in [2.24, 2.45) is 5.73 Å². The fraction of sp³-hybridized carbons (Fsp3) is 0.154. The topological polar surface area (TPSA) is 85.1 Å². The van der Waals surface area contributed by atoms with Crippen LogP contribution in [0.5, 0.6) is 0 Å². The maximum Gasteiger partial charge on any atom is 0.266 e. The van der Waals surface area contributed by atoms with E-state index in [1.807, 2.05) is 0 Å². The number of halogens is 2. The van der Waals surface area contributed by atoms with Gasteiger partial charge in [0.25, 0.3) is 10.0 Å². The molecule has 0 fully saturated rings. The second-order valence-corrected chi connectivity index (χ2v) is 6.01. The van der Waals surface area contributed by atoms with E-state index in [0.717, 1.165) is 12.1 Å². The van der Waals surface area contributed by atoms with Crippen molar-refractivity contribution in [1.29, 1.82) is 0 Å². The van der Waals surface area contributed by atoms with Gasteiger partial charge in [-0.05, 0) is 36.8 Å². The van der Waals surface area contributed by atoms with E-state index in [1.165, 1.54) is 6.07 Å². The fourth-order valence-electron chi connectivity index (χ4n) is 1.72. The van der Waals surface area contributed by atoms with Gasteiger partial charge in [0.2, 0.25) is 0 Å². The molecule has 0 aliphatic heterocycles. The molecular weight excluding hydrogens is 300 g/mol. The van der Waals surface area contributed by atoms with Gasteiger partial charge in [-0.3, -0.25) is 4.72 Å². The number of nitrogens with one attached hydrogen (secondary N) is 1. The molecule has 21 heavy (non-hydrogen) atoms. The molecule has 0 saturated heterocycles. The molecule has 1 heterocycles. The molecule has 0 saturated carbocycles. The number of nitrogens with two attached hydrogens (primary N) is 1. The van der Waals surface area contributed by atoms with Crippen LogP contribution in [0.25, 0.3) is 0 Å². The smallest absolute Gasteiger partial charge is 0.266 e. The monoisotopic (exact) mass is 313 g/mol. The molecule has 8 heteroatoms. The number of hydrogen-bond donors (Lipinski definition) is 2. The lowest BCUT2D eigenvalue weighted by atomic mass is 10.2. The fourth-order valence-corrected chi connectivity index (χ4v) is 2.86. The Balaban J connectivity index is 2.47. The van der Waals surface area contributed by atoms with Crippen LogP contribution in [0.1, 0.15) is 11.3 Å². The summed E-state index contributed by atoms with van der Waals surface area (Å²) in [6.45, 7) is 1.56. The summed E-state index contributed by atoms with van der Waals surface area (Å²) >= 11 is 0. The molecule has 3 N–H and O–H groups in total. The Bertz CT molecular complexity index is 779. The molecule has 1 aromatic heterocycles. The molecule has 0 amide bonds. The number of pyridine rings is 1. The van der Waals surface area contributed by atoms with Crippen LogP contribution >= 0.6 is 0 Å². The van der Waals surface area contributed by atoms with Crippen LogP contribution in [0, 0.1) is 18.6 Å². The van der Waals surface area contributed by atoms with Gasteiger partial charge in [0.15, 0.2) is 11.6 Å². The Labute approximate surface area is 120 Å². The van der Waals surface area contributed by atoms with Crippen LogP contribution in [0.15, 0.2) is 35.2 Å². The third-order valence-electron chi connectivity index (χ3n) is 2.71. The van der Waals surface area contributed by atoms with Crippen LogP contribution in [-0.2, 0) is 16.6 Å². The Morgan fingerprint density at radius 2 is 2.00 bits per heavy atom. The molecule has 0 aliphatic carbocycles. The Hall–Kier alpha value is -2.06. The van der Waals surface area contributed by atoms with Crippen molar-refractivity contribution in [3.63, 3.8) is 0 Å². The number of benzene rings is 1. The first-order valence-corrected chi connectivity index (χ1v) is 7.46. The maximum atomic E-state index is 13.7. The minimum Gasteiger partial charge on any atom is -0.326 e. The van der Waals surface area contributed by atoms with E-state index in [-0.39, 0.29) is 17.9 Å². The highest BCUT2D eigenvalue weighted by molar-refractivity contribution is 7.92. The highest BCUT2D eigenvalue weighted by atomic mass is 32.2. The summed E-state index contributed by atoms with van der Waals surface area (Å²) in [4.78, 5) is 3.15. The molecule has 5 nitrogen and oxygen atoms in total. The zero-order valence-electron chi connectivity index (χ0n) is 11.1. The molecular formula is C13H13F2N3O2S. The molecule has 0 radical (unpaired) electrons. The van der Waals surface area contributed by atoms with E-state index in [4.69, 9.17) is 5.73 Å². The van der Waals surface area contributed by atoms with Gasteiger partial charge < -0.3 is 5.73 Å². The van der Waals surface area contributed by atoms with Gasteiger partial charge in [0.05, 0.1) is 0 Å². The number of aryl methyl sites for hydroxylation is 1. The number of nitrogens with zero attached hydrogens (tertiary/aromatic N) is 1. The molecule has 0 aliphatic rings. The van der Waals surface area contributed by atoms with Crippen molar-refractivity contribution in [2.45, 2.75) is 18.4 Å². The van der Waals surface area contributed by atoms with Crippen LogP contribution < -0.4 is 10.5 Å². The average Bonchev–Trinajstić information content (AvgIpc) is 2.41. The van der Waals surface area contributed by atoms with Crippen LogP contribution in [-0.4, -0.2) is 13.4 Å². The van der Waals surface area contributed by atoms with Crippen molar-refractivity contribution < 1.29 is 17.2 Å². The Kier molecular flexibility index (Phi) is 4.19. The first-order valence-electron chi connectivity index (χ1n) is 5.98. The number of hydrogen-bond acceptors (Lipinski definition) is 4. The van der Waals surface area contributed by atoms with Gasteiger partial charge in [-0.15, -0.1) is 0 Å². The normalized spacial score (nSPS) is 11.4. The summed E-state index contributed by atoms with van der Waals surface area (Å²) in [6, 6.07) is 6.53. The van der Waals surface area contributed by atoms with E-state index in [9.17, 15) is 17.2 Å². The first-order chi connectivity index (χ1) is 9.83. The lowest BCUT2D eigenvalue weighted by Gasteiger charge is -2.10. The van der Waals surface area contributed by atoms with E-state index in [1.54, 1.807) is 19.1 Å². The molecule has 0 unspecified atom stereocenters. The third-order valence-corrected chi connectivity index (χ3v) is 4.06. The molecule has 112 valence electrons. The molecule has 1 aromatic carbocycles. The van der Waals surface area contributed by atoms with Crippen LogP contribution in [0.3, 0.4) is 0 Å². The SMILES string of the molecule is Cc1cccc(NS(=O)(=O)c2cc(CN)cc(F)c2F)n1. The molecule has 0 atom stereocenters. The van der Waals surface area contributed by atoms with Crippen molar-refractivity contribution in [1.82, 2.24) is 4.98 Å². The molecule has 0 spiro atoms. The molecule has 2 aromatic rings. The van der Waals surface area contributed by atoms with Crippen molar-refractivity contribution in [2.75, 3.05) is 4.72 Å². The average molecular weight is 313 g/mol. The minimum absolute atomic E-state index is 0.0213. The summed E-state index contributed by atoms with van der Waals surface area (Å²) in [6.07, 6.45) is 0. The zero-order valence-corrected chi connectivity index (χ0v) is 11.9. The van der Waals surface area contributed by atoms with Crippen LogP contribution in [0.4, 0.5) is 14.6 Å². The summed E-state index contributed by atoms with van der Waals surface area (Å²) in [7, 11) is -4.30. The van der Waals surface area contributed by atoms with Gasteiger partial charge >= 0.3 is 0 Å². The largest absolute Gasteiger partial charge is 0.326 e. The van der Waals surface area contributed by atoms with Gasteiger partial charge in [-0.1, -0.05) is 6.07 Å². The lowest BCUT2D eigenvalue weighted by molar-refractivity contribution is 0.483. The zero-order chi connectivity index (χ0) is 15.6. The first kappa shape index (κ1) is 15.3. The number of sulfonamides is 1. The van der Waals surface area contributed by atoms with Crippen molar-refractivity contribution in [3.8, 4) is 0 Å². The summed E-state index contributed by atoms with van der Waals surface area (Å²) in [5, 5.41) is 0. The highest BCUT2D eigenvalue weighted by Crippen LogP contribution is 2.22. The summed E-state index contributed by atoms with van der Waals surface area (Å²) < 4.78 is 53.6. The lowest BCUT2D eigenvalue weighted by Crippen LogP contribution is -2.17. The third kappa shape index (κ3) is 3.34. The Morgan fingerprint density at radius 1 is 1.29 bits per heavy atom. The number of rotatable bonds is 4. The van der Waals surface area contributed by atoms with Gasteiger partial charge in [-0.2, -0.15) is 0 Å². The standard InChI is InChI=1S/C13H13F2N3O2S/c1-8-3-2-4-12(17-8)18-21(19,20)11-6-9(7-16)5-10(14)13(11)15/h2-6H,7,16H2,1H3,(H,17,18). The highest BCUT2D eigenvalue weighted by Gasteiger charge is 2.23. The summed E-state index contributed by atoms with van der Waals surface area (Å²) in [5.41, 5.74) is 6.09. The summed E-state index contributed by atoms with van der Waals surface area (Å²) in [5.74, 6) is -2.70. The van der Waals surface area contributed by atoms with E-state index >= 15 is 0 Å². The second kappa shape index (κ2) is 5.74. The van der Waals surface area contributed by atoms with E-state index in [2.05, 4.69) is 9.71 Å².